The molecule has 1 aromatic heterocycles. The highest BCUT2D eigenvalue weighted by atomic mass is 16.2. The molecule has 1 N–H and O–H groups in total. The summed E-state index contributed by atoms with van der Waals surface area (Å²) in [7, 11) is 4.22. The van der Waals surface area contributed by atoms with E-state index in [0.29, 0.717) is 12.6 Å². The zero-order chi connectivity index (χ0) is 15.8. The summed E-state index contributed by atoms with van der Waals surface area (Å²) in [4.78, 5) is 20.6. The van der Waals surface area contributed by atoms with Gasteiger partial charge in [0.15, 0.2) is 0 Å². The Bertz CT molecular complexity index is 443. The minimum Gasteiger partial charge on any atom is -0.355 e. The van der Waals surface area contributed by atoms with E-state index in [1.54, 1.807) is 0 Å². The molecule has 22 heavy (non-hydrogen) atoms. The van der Waals surface area contributed by atoms with E-state index in [2.05, 4.69) is 34.2 Å². The summed E-state index contributed by atoms with van der Waals surface area (Å²) in [6, 6.07) is 4.59. The average Bonchev–Trinajstić information content (AvgIpc) is 2.53. The van der Waals surface area contributed by atoms with Gasteiger partial charge in [-0.25, -0.2) is 0 Å². The van der Waals surface area contributed by atoms with Gasteiger partial charge in [-0.05, 0) is 70.6 Å². The van der Waals surface area contributed by atoms with Gasteiger partial charge in [0.05, 0.1) is 6.54 Å². The maximum Gasteiger partial charge on any atom is 0.234 e. The van der Waals surface area contributed by atoms with Crippen molar-refractivity contribution < 1.29 is 4.79 Å². The molecule has 0 aliphatic carbocycles. The Labute approximate surface area is 133 Å². The summed E-state index contributed by atoms with van der Waals surface area (Å²) in [6.45, 7) is 3.50. The fourth-order valence-electron chi connectivity index (χ4n) is 2.92. The molecular weight excluding hydrogens is 276 g/mol. The minimum absolute atomic E-state index is 0.135. The van der Waals surface area contributed by atoms with E-state index in [1.165, 1.54) is 5.56 Å². The highest BCUT2D eigenvalue weighted by Crippen LogP contribution is 2.13. The summed E-state index contributed by atoms with van der Waals surface area (Å²) >= 11 is 0. The van der Waals surface area contributed by atoms with E-state index >= 15 is 0 Å². The van der Waals surface area contributed by atoms with Gasteiger partial charge < -0.3 is 10.2 Å². The van der Waals surface area contributed by atoms with Crippen LogP contribution in [0.2, 0.25) is 0 Å². The Kier molecular flexibility index (Phi) is 6.80. The summed E-state index contributed by atoms with van der Waals surface area (Å²) in [5.74, 6) is 0.135. The van der Waals surface area contributed by atoms with Crippen LogP contribution >= 0.6 is 0 Å². The second-order valence-electron chi connectivity index (χ2n) is 6.26. The van der Waals surface area contributed by atoms with E-state index in [0.717, 1.165) is 45.3 Å². The Morgan fingerprint density at radius 1 is 1.36 bits per heavy atom. The van der Waals surface area contributed by atoms with Crippen LogP contribution in [0.25, 0.3) is 0 Å². The normalized spacial score (nSPS) is 16.9. The van der Waals surface area contributed by atoms with Crippen LogP contribution in [0.4, 0.5) is 0 Å². The van der Waals surface area contributed by atoms with Crippen LogP contribution in [0.1, 0.15) is 24.8 Å². The lowest BCUT2D eigenvalue weighted by Crippen LogP contribution is -2.45. The third-order valence-electron chi connectivity index (χ3n) is 4.42. The highest BCUT2D eigenvalue weighted by Gasteiger charge is 2.21. The zero-order valence-corrected chi connectivity index (χ0v) is 13.8. The Morgan fingerprint density at radius 3 is 2.73 bits per heavy atom. The van der Waals surface area contributed by atoms with Gasteiger partial charge in [0.25, 0.3) is 0 Å². The first kappa shape index (κ1) is 16.9. The van der Waals surface area contributed by atoms with Crippen LogP contribution in [0.15, 0.2) is 24.5 Å². The van der Waals surface area contributed by atoms with Gasteiger partial charge in [0, 0.05) is 25.0 Å². The number of carbonyl (C=O) groups excluding carboxylic acids is 1. The molecule has 0 atom stereocenters. The summed E-state index contributed by atoms with van der Waals surface area (Å²) < 4.78 is 0. The van der Waals surface area contributed by atoms with Gasteiger partial charge in [-0.15, -0.1) is 0 Å². The Hall–Kier alpha value is -1.46. The van der Waals surface area contributed by atoms with Crippen molar-refractivity contribution in [2.45, 2.75) is 31.7 Å². The van der Waals surface area contributed by atoms with Crippen LogP contribution in [0, 0.1) is 0 Å². The van der Waals surface area contributed by atoms with Gasteiger partial charge in [0.2, 0.25) is 5.91 Å². The molecular formula is C17H28N4O. The number of carbonyl (C=O) groups is 1. The summed E-state index contributed by atoms with van der Waals surface area (Å²) in [5.41, 5.74) is 1.27. The molecule has 1 saturated heterocycles. The molecule has 0 spiro atoms. The van der Waals surface area contributed by atoms with Gasteiger partial charge in [-0.1, -0.05) is 0 Å². The minimum atomic E-state index is 0.135. The maximum absolute atomic E-state index is 12.0. The van der Waals surface area contributed by atoms with Gasteiger partial charge in [-0.3, -0.25) is 14.7 Å². The number of hydrogen-bond acceptors (Lipinski definition) is 4. The first-order chi connectivity index (χ1) is 10.6. The van der Waals surface area contributed by atoms with Crippen molar-refractivity contribution in [2.75, 3.05) is 40.3 Å². The summed E-state index contributed by atoms with van der Waals surface area (Å²) in [5, 5.41) is 3.03. The first-order valence-corrected chi connectivity index (χ1v) is 8.19. The maximum atomic E-state index is 12.0. The van der Waals surface area contributed by atoms with E-state index in [4.69, 9.17) is 0 Å². The lowest BCUT2D eigenvalue weighted by Gasteiger charge is -2.34. The molecule has 2 heterocycles. The molecule has 1 aromatic rings. The van der Waals surface area contributed by atoms with E-state index < -0.39 is 0 Å². The monoisotopic (exact) mass is 304 g/mol. The zero-order valence-electron chi connectivity index (χ0n) is 13.8. The first-order valence-electron chi connectivity index (χ1n) is 8.19. The van der Waals surface area contributed by atoms with Crippen molar-refractivity contribution in [3.8, 4) is 0 Å². The molecule has 1 aliphatic rings. The summed E-state index contributed by atoms with van der Waals surface area (Å²) in [6.07, 6.45) is 7.88. The van der Waals surface area contributed by atoms with Crippen molar-refractivity contribution in [1.82, 2.24) is 20.1 Å². The van der Waals surface area contributed by atoms with Crippen LogP contribution < -0.4 is 5.32 Å². The molecule has 5 nitrogen and oxygen atoms in total. The average molecular weight is 304 g/mol. The number of aryl methyl sites for hydroxylation is 1. The number of likely N-dealkylation sites (tertiary alicyclic amines) is 1. The predicted octanol–water partition coefficient (Wildman–Crippen LogP) is 1.16. The third kappa shape index (κ3) is 5.73. The number of pyridine rings is 1. The number of amides is 1. The van der Waals surface area contributed by atoms with Crippen LogP contribution in [0.3, 0.4) is 0 Å². The second kappa shape index (κ2) is 8.86. The molecule has 122 valence electrons. The standard InChI is InChI=1S/C17H28N4O/c1-20-12-7-16(8-13-20)21(2)14-17(22)19-9-3-4-15-5-10-18-11-6-15/h5-6,10-11,16H,3-4,7-9,12-14H2,1-2H3,(H,19,22). The largest absolute Gasteiger partial charge is 0.355 e. The molecule has 0 unspecified atom stereocenters. The molecule has 5 heteroatoms. The van der Waals surface area contributed by atoms with Crippen molar-refractivity contribution in [3.05, 3.63) is 30.1 Å². The van der Waals surface area contributed by atoms with Crippen molar-refractivity contribution in [3.63, 3.8) is 0 Å². The molecule has 1 fully saturated rings. The van der Waals surface area contributed by atoms with Gasteiger partial charge >= 0.3 is 0 Å². The number of rotatable bonds is 7. The number of hydrogen-bond donors (Lipinski definition) is 1. The van der Waals surface area contributed by atoms with Gasteiger partial charge in [0.1, 0.15) is 0 Å². The van der Waals surface area contributed by atoms with Crippen LogP contribution in [-0.4, -0.2) is 67.0 Å². The van der Waals surface area contributed by atoms with Crippen LogP contribution in [0.5, 0.6) is 0 Å². The third-order valence-corrected chi connectivity index (χ3v) is 4.42. The second-order valence-corrected chi connectivity index (χ2v) is 6.26. The van der Waals surface area contributed by atoms with E-state index in [9.17, 15) is 4.79 Å². The topological polar surface area (TPSA) is 48.5 Å². The molecule has 0 aromatic carbocycles. The van der Waals surface area contributed by atoms with Crippen molar-refractivity contribution in [1.29, 1.82) is 0 Å². The van der Waals surface area contributed by atoms with Crippen molar-refractivity contribution >= 4 is 5.91 Å². The number of likely N-dealkylation sites (N-methyl/N-ethyl adjacent to an activating group) is 1. The smallest absolute Gasteiger partial charge is 0.234 e. The fraction of sp³-hybridized carbons (Fsp3) is 0.647. The number of aromatic nitrogens is 1. The van der Waals surface area contributed by atoms with Gasteiger partial charge in [-0.2, -0.15) is 0 Å². The van der Waals surface area contributed by atoms with Crippen molar-refractivity contribution in [2.24, 2.45) is 0 Å². The molecule has 2 rings (SSSR count). The molecule has 0 saturated carbocycles. The van der Waals surface area contributed by atoms with E-state index in [1.807, 2.05) is 24.5 Å². The molecule has 1 aliphatic heterocycles. The van der Waals surface area contributed by atoms with E-state index in [-0.39, 0.29) is 5.91 Å². The Morgan fingerprint density at radius 2 is 2.05 bits per heavy atom. The molecule has 1 amide bonds. The predicted molar refractivity (Wildman–Crippen MR) is 88.7 cm³/mol. The molecule has 0 bridgehead atoms. The highest BCUT2D eigenvalue weighted by molar-refractivity contribution is 5.77. The Balaban J connectivity index is 1.59. The lowest BCUT2D eigenvalue weighted by atomic mass is 10.0. The fourth-order valence-corrected chi connectivity index (χ4v) is 2.92. The lowest BCUT2D eigenvalue weighted by molar-refractivity contribution is -0.122. The SMILES string of the molecule is CN1CCC(N(C)CC(=O)NCCCc2ccncc2)CC1. The molecule has 0 radical (unpaired) electrons. The number of nitrogens with zero attached hydrogens (tertiary/aromatic N) is 3. The number of piperidine rings is 1. The quantitative estimate of drug-likeness (QED) is 0.768. The van der Waals surface area contributed by atoms with Crippen LogP contribution in [-0.2, 0) is 11.2 Å². The number of nitrogens with one attached hydrogen (secondary N) is 1.